The van der Waals surface area contributed by atoms with Gasteiger partial charge in [0.1, 0.15) is 0 Å². The van der Waals surface area contributed by atoms with Gasteiger partial charge in [-0.05, 0) is 30.5 Å². The van der Waals surface area contributed by atoms with Crippen molar-refractivity contribution in [3.63, 3.8) is 0 Å². The summed E-state index contributed by atoms with van der Waals surface area (Å²) in [4.78, 5) is 12.2. The second-order valence-electron chi connectivity index (χ2n) is 5.35. The van der Waals surface area contributed by atoms with Crippen LogP contribution in [-0.4, -0.2) is 25.1 Å². The van der Waals surface area contributed by atoms with Crippen molar-refractivity contribution in [1.82, 2.24) is 5.32 Å². The molecule has 1 aliphatic carbocycles. The van der Waals surface area contributed by atoms with Crippen LogP contribution in [0.5, 0.6) is 0 Å². The van der Waals surface area contributed by atoms with Crippen LogP contribution in [0.15, 0.2) is 24.3 Å². The maximum atomic E-state index is 12.2. The van der Waals surface area contributed by atoms with Crippen molar-refractivity contribution in [2.24, 2.45) is 5.73 Å². The first-order chi connectivity index (χ1) is 9.55. The Balaban J connectivity index is 1.96. The zero-order chi connectivity index (χ0) is 14.6. The first kappa shape index (κ1) is 15.3. The number of hydrogen-bond donors (Lipinski definition) is 2. The maximum absolute atomic E-state index is 12.2. The third kappa shape index (κ3) is 3.51. The predicted octanol–water partition coefficient (Wildman–Crippen LogP) is 2.42. The Morgan fingerprint density at radius 1 is 1.50 bits per heavy atom. The first-order valence-corrected chi connectivity index (χ1v) is 7.28. The van der Waals surface area contributed by atoms with Gasteiger partial charge in [0, 0.05) is 18.7 Å². The van der Waals surface area contributed by atoms with E-state index in [9.17, 15) is 4.79 Å². The molecule has 5 heteroatoms. The van der Waals surface area contributed by atoms with E-state index in [0.717, 1.165) is 31.2 Å². The summed E-state index contributed by atoms with van der Waals surface area (Å²) in [6, 6.07) is 7.45. The van der Waals surface area contributed by atoms with Crippen molar-refractivity contribution in [2.75, 3.05) is 13.7 Å². The van der Waals surface area contributed by atoms with Crippen molar-refractivity contribution in [2.45, 2.75) is 37.3 Å². The van der Waals surface area contributed by atoms with E-state index in [4.69, 9.17) is 22.1 Å². The van der Waals surface area contributed by atoms with Gasteiger partial charge in [-0.25, -0.2) is 0 Å². The lowest BCUT2D eigenvalue weighted by Gasteiger charge is -2.24. The van der Waals surface area contributed by atoms with Gasteiger partial charge in [0.15, 0.2) is 0 Å². The number of ether oxygens (including phenoxy) is 1. The summed E-state index contributed by atoms with van der Waals surface area (Å²) < 4.78 is 5.42. The highest BCUT2D eigenvalue weighted by atomic mass is 35.5. The van der Waals surface area contributed by atoms with Gasteiger partial charge in [-0.15, -0.1) is 0 Å². The number of carbonyl (C=O) groups excluding carboxylic acids is 1. The standard InChI is InChI=1S/C15H21ClN2O2/c1-20-13(11-5-4-6-12(16)9-11)10-18-14(19)15(17)7-2-3-8-15/h4-6,9,13H,2-3,7-8,10,17H2,1H3,(H,18,19). The van der Waals surface area contributed by atoms with Gasteiger partial charge in [0.25, 0.3) is 0 Å². The second-order valence-corrected chi connectivity index (χ2v) is 5.79. The summed E-state index contributed by atoms with van der Waals surface area (Å²) in [6.45, 7) is 0.397. The molecule has 4 nitrogen and oxygen atoms in total. The Morgan fingerprint density at radius 2 is 2.20 bits per heavy atom. The van der Waals surface area contributed by atoms with Crippen LogP contribution in [0.1, 0.15) is 37.4 Å². The van der Waals surface area contributed by atoms with E-state index in [1.165, 1.54) is 0 Å². The monoisotopic (exact) mass is 296 g/mol. The van der Waals surface area contributed by atoms with Gasteiger partial charge in [-0.3, -0.25) is 4.79 Å². The zero-order valence-electron chi connectivity index (χ0n) is 11.7. The molecule has 1 aliphatic rings. The summed E-state index contributed by atoms with van der Waals surface area (Å²) in [7, 11) is 1.62. The molecule has 0 bridgehead atoms. The number of rotatable bonds is 5. The number of carbonyl (C=O) groups is 1. The van der Waals surface area contributed by atoms with Crippen LogP contribution in [0.3, 0.4) is 0 Å². The van der Waals surface area contributed by atoms with Crippen LogP contribution in [0, 0.1) is 0 Å². The zero-order valence-corrected chi connectivity index (χ0v) is 12.5. The van der Waals surface area contributed by atoms with Crippen LogP contribution < -0.4 is 11.1 Å². The number of halogens is 1. The normalized spacial score (nSPS) is 18.8. The Bertz CT molecular complexity index is 473. The topological polar surface area (TPSA) is 64.3 Å². The van der Waals surface area contributed by atoms with Crippen LogP contribution in [-0.2, 0) is 9.53 Å². The van der Waals surface area contributed by atoms with Crippen LogP contribution in [0.25, 0.3) is 0 Å². The molecule has 0 spiro atoms. The molecule has 0 aliphatic heterocycles. The molecule has 0 saturated heterocycles. The molecule has 110 valence electrons. The molecule has 3 N–H and O–H groups in total. The van der Waals surface area contributed by atoms with E-state index in [0.29, 0.717) is 11.6 Å². The molecule has 1 atom stereocenters. The fourth-order valence-corrected chi connectivity index (χ4v) is 2.84. The van der Waals surface area contributed by atoms with E-state index < -0.39 is 5.54 Å². The molecule has 1 aromatic rings. The van der Waals surface area contributed by atoms with Gasteiger partial charge in [-0.1, -0.05) is 36.6 Å². The number of nitrogens with one attached hydrogen (secondary N) is 1. The summed E-state index contributed by atoms with van der Waals surface area (Å²) in [5.41, 5.74) is 6.36. The smallest absolute Gasteiger partial charge is 0.240 e. The van der Waals surface area contributed by atoms with E-state index >= 15 is 0 Å². The Kier molecular flexibility index (Phi) is 5.02. The Labute approximate surface area is 124 Å². The largest absolute Gasteiger partial charge is 0.375 e. The highest BCUT2D eigenvalue weighted by Crippen LogP contribution is 2.27. The lowest BCUT2D eigenvalue weighted by molar-refractivity contribution is -0.126. The van der Waals surface area contributed by atoms with E-state index in [1.54, 1.807) is 7.11 Å². The molecule has 1 aromatic carbocycles. The highest BCUT2D eigenvalue weighted by Gasteiger charge is 2.37. The van der Waals surface area contributed by atoms with Crippen molar-refractivity contribution >= 4 is 17.5 Å². The fourth-order valence-electron chi connectivity index (χ4n) is 2.64. The van der Waals surface area contributed by atoms with Gasteiger partial charge in [0.05, 0.1) is 11.6 Å². The minimum Gasteiger partial charge on any atom is -0.375 e. The Hall–Kier alpha value is -1.10. The van der Waals surface area contributed by atoms with Gasteiger partial charge in [0.2, 0.25) is 5.91 Å². The predicted molar refractivity (Wildman–Crippen MR) is 79.6 cm³/mol. The number of nitrogens with two attached hydrogens (primary N) is 1. The van der Waals surface area contributed by atoms with Crippen LogP contribution >= 0.6 is 11.6 Å². The maximum Gasteiger partial charge on any atom is 0.240 e. The van der Waals surface area contributed by atoms with Gasteiger partial charge in [-0.2, -0.15) is 0 Å². The molecular formula is C15H21ClN2O2. The molecule has 1 unspecified atom stereocenters. The molecule has 0 aromatic heterocycles. The quantitative estimate of drug-likeness (QED) is 0.877. The first-order valence-electron chi connectivity index (χ1n) is 6.90. The molecule has 20 heavy (non-hydrogen) atoms. The third-order valence-corrected chi connectivity index (χ3v) is 4.14. The third-order valence-electron chi connectivity index (χ3n) is 3.90. The number of hydrogen-bond acceptors (Lipinski definition) is 3. The second kappa shape index (κ2) is 6.57. The van der Waals surface area contributed by atoms with Crippen molar-refractivity contribution < 1.29 is 9.53 Å². The molecule has 1 fully saturated rings. The minimum atomic E-state index is -0.702. The lowest BCUT2D eigenvalue weighted by Crippen LogP contribution is -2.52. The molecule has 1 saturated carbocycles. The molecule has 0 radical (unpaired) electrons. The molecular weight excluding hydrogens is 276 g/mol. The van der Waals surface area contributed by atoms with Gasteiger partial charge < -0.3 is 15.8 Å². The number of amides is 1. The van der Waals surface area contributed by atoms with Crippen molar-refractivity contribution in [3.8, 4) is 0 Å². The van der Waals surface area contributed by atoms with Crippen molar-refractivity contribution in [1.29, 1.82) is 0 Å². The summed E-state index contributed by atoms with van der Waals surface area (Å²) in [5, 5.41) is 3.56. The fraction of sp³-hybridized carbons (Fsp3) is 0.533. The van der Waals surface area contributed by atoms with E-state index in [-0.39, 0.29) is 12.0 Å². The molecule has 1 amide bonds. The average molecular weight is 297 g/mol. The summed E-state index contributed by atoms with van der Waals surface area (Å²) in [6.07, 6.45) is 3.33. The van der Waals surface area contributed by atoms with Crippen LogP contribution in [0.4, 0.5) is 0 Å². The lowest BCUT2D eigenvalue weighted by atomic mass is 9.98. The Morgan fingerprint density at radius 3 is 2.80 bits per heavy atom. The summed E-state index contributed by atoms with van der Waals surface area (Å²) in [5.74, 6) is -0.0842. The van der Waals surface area contributed by atoms with Crippen LogP contribution in [0.2, 0.25) is 5.02 Å². The number of methoxy groups -OCH3 is 1. The molecule has 2 rings (SSSR count). The SMILES string of the molecule is COC(CNC(=O)C1(N)CCCC1)c1cccc(Cl)c1. The van der Waals surface area contributed by atoms with Crippen molar-refractivity contribution in [3.05, 3.63) is 34.9 Å². The average Bonchev–Trinajstić information content (AvgIpc) is 2.87. The van der Waals surface area contributed by atoms with Gasteiger partial charge >= 0.3 is 0 Å². The van der Waals surface area contributed by atoms with E-state index in [1.807, 2.05) is 24.3 Å². The molecule has 0 heterocycles. The highest BCUT2D eigenvalue weighted by molar-refractivity contribution is 6.30. The van der Waals surface area contributed by atoms with E-state index in [2.05, 4.69) is 5.32 Å². The summed E-state index contributed by atoms with van der Waals surface area (Å²) >= 11 is 5.97. The minimum absolute atomic E-state index is 0.0842. The number of benzene rings is 1.